The third-order valence-corrected chi connectivity index (χ3v) is 2.88. The van der Waals surface area contributed by atoms with Crippen molar-refractivity contribution in [2.45, 2.75) is 65.3 Å². The summed E-state index contributed by atoms with van der Waals surface area (Å²) < 4.78 is 1.90. The van der Waals surface area contributed by atoms with Crippen LogP contribution in [0.25, 0.3) is 0 Å². The molecule has 1 rings (SSSR count). The van der Waals surface area contributed by atoms with E-state index >= 15 is 0 Å². The van der Waals surface area contributed by atoms with Crippen LogP contribution in [0.1, 0.15) is 64.5 Å². The summed E-state index contributed by atoms with van der Waals surface area (Å²) in [4.78, 5) is 0. The van der Waals surface area contributed by atoms with Gasteiger partial charge in [-0.15, -0.1) is 5.10 Å². The van der Waals surface area contributed by atoms with Crippen molar-refractivity contribution in [2.75, 3.05) is 0 Å². The van der Waals surface area contributed by atoms with Crippen molar-refractivity contribution in [1.82, 2.24) is 15.0 Å². The number of hydrogen-bond donors (Lipinski definition) is 0. The molecule has 0 N–H and O–H groups in total. The molecule has 0 aliphatic carbocycles. The molecule has 86 valence electrons. The van der Waals surface area contributed by atoms with Gasteiger partial charge in [0.15, 0.2) is 0 Å². The van der Waals surface area contributed by atoms with Crippen LogP contribution in [0.5, 0.6) is 0 Å². The van der Waals surface area contributed by atoms with Crippen molar-refractivity contribution in [3.05, 3.63) is 11.9 Å². The first-order chi connectivity index (χ1) is 7.27. The van der Waals surface area contributed by atoms with E-state index in [2.05, 4.69) is 37.3 Å². The van der Waals surface area contributed by atoms with Gasteiger partial charge in [-0.2, -0.15) is 0 Å². The molecular weight excluding hydrogens is 186 g/mol. The Hall–Kier alpha value is -0.860. The highest BCUT2D eigenvalue weighted by molar-refractivity contribution is 4.99. The summed E-state index contributed by atoms with van der Waals surface area (Å²) in [5.41, 5.74) is 1.15. The smallest absolute Gasteiger partial charge is 0.0855 e. The molecule has 0 aliphatic heterocycles. The number of unbranched alkanes of at least 4 members (excludes halogenated alkanes) is 3. The Labute approximate surface area is 92.9 Å². The molecule has 1 aromatic heterocycles. The summed E-state index contributed by atoms with van der Waals surface area (Å²) in [7, 11) is 0. The van der Waals surface area contributed by atoms with E-state index < -0.39 is 0 Å². The van der Waals surface area contributed by atoms with Crippen molar-refractivity contribution in [1.29, 1.82) is 0 Å². The van der Waals surface area contributed by atoms with Gasteiger partial charge in [0.05, 0.1) is 5.69 Å². The topological polar surface area (TPSA) is 30.7 Å². The van der Waals surface area contributed by atoms with E-state index in [1.54, 1.807) is 0 Å². The second kappa shape index (κ2) is 6.59. The lowest BCUT2D eigenvalue weighted by Gasteiger charge is -2.06. The highest BCUT2D eigenvalue weighted by atomic mass is 15.4. The van der Waals surface area contributed by atoms with Gasteiger partial charge >= 0.3 is 0 Å². The van der Waals surface area contributed by atoms with Gasteiger partial charge in [-0.1, -0.05) is 44.7 Å². The van der Waals surface area contributed by atoms with Crippen LogP contribution in [0.4, 0.5) is 0 Å². The molecule has 0 aromatic carbocycles. The zero-order valence-electron chi connectivity index (χ0n) is 10.2. The lowest BCUT2D eigenvalue weighted by Crippen LogP contribution is -1.94. The van der Waals surface area contributed by atoms with E-state index in [1.165, 1.54) is 32.1 Å². The lowest BCUT2D eigenvalue weighted by atomic mass is 10.0. The van der Waals surface area contributed by atoms with Crippen molar-refractivity contribution >= 4 is 0 Å². The number of nitrogens with zero attached hydrogens (tertiary/aromatic N) is 3. The van der Waals surface area contributed by atoms with Gasteiger partial charge in [-0.25, -0.2) is 0 Å². The molecule has 15 heavy (non-hydrogen) atoms. The van der Waals surface area contributed by atoms with Gasteiger partial charge in [0.25, 0.3) is 0 Å². The molecule has 0 radical (unpaired) electrons. The van der Waals surface area contributed by atoms with Crippen LogP contribution < -0.4 is 0 Å². The van der Waals surface area contributed by atoms with Gasteiger partial charge in [-0.3, -0.25) is 4.68 Å². The van der Waals surface area contributed by atoms with E-state index in [0.29, 0.717) is 5.92 Å². The fourth-order valence-corrected chi connectivity index (χ4v) is 1.72. The minimum absolute atomic E-state index is 0.558. The summed E-state index contributed by atoms with van der Waals surface area (Å²) in [5, 5.41) is 8.27. The Morgan fingerprint density at radius 3 is 2.67 bits per heavy atom. The van der Waals surface area contributed by atoms with Crippen LogP contribution in [0.2, 0.25) is 0 Å². The normalized spacial score (nSPS) is 13.0. The van der Waals surface area contributed by atoms with Crippen molar-refractivity contribution < 1.29 is 0 Å². The van der Waals surface area contributed by atoms with Gasteiger partial charge in [0.2, 0.25) is 0 Å². The highest BCUT2D eigenvalue weighted by Gasteiger charge is 2.09. The Bertz CT molecular complexity index is 268. The second-order valence-electron chi connectivity index (χ2n) is 4.25. The molecule has 0 fully saturated rings. The zero-order chi connectivity index (χ0) is 11.1. The first-order valence-electron chi connectivity index (χ1n) is 6.18. The molecule has 1 aromatic rings. The number of hydrogen-bond acceptors (Lipinski definition) is 2. The molecule has 1 heterocycles. The van der Waals surface area contributed by atoms with Crippen LogP contribution in [0.15, 0.2) is 6.20 Å². The van der Waals surface area contributed by atoms with Crippen molar-refractivity contribution in [2.24, 2.45) is 0 Å². The fraction of sp³-hybridized carbons (Fsp3) is 0.833. The standard InChI is InChI=1S/C12H23N3/c1-4-6-7-8-9-11(3)12-10-15(5-2)14-13-12/h10-11H,4-9H2,1-3H3. The van der Waals surface area contributed by atoms with Crippen LogP contribution in [-0.2, 0) is 6.54 Å². The van der Waals surface area contributed by atoms with Gasteiger partial charge in [0.1, 0.15) is 0 Å². The molecule has 0 saturated heterocycles. The summed E-state index contributed by atoms with van der Waals surface area (Å²) in [6, 6.07) is 0. The van der Waals surface area contributed by atoms with Crippen molar-refractivity contribution in [3.8, 4) is 0 Å². The molecule has 0 spiro atoms. The predicted octanol–water partition coefficient (Wildman–Crippen LogP) is 3.37. The average Bonchev–Trinajstić information content (AvgIpc) is 2.72. The molecular formula is C12H23N3. The van der Waals surface area contributed by atoms with Crippen LogP contribution >= 0.6 is 0 Å². The zero-order valence-corrected chi connectivity index (χ0v) is 10.2. The van der Waals surface area contributed by atoms with Crippen molar-refractivity contribution in [3.63, 3.8) is 0 Å². The molecule has 0 bridgehead atoms. The van der Waals surface area contributed by atoms with E-state index in [4.69, 9.17) is 0 Å². The Morgan fingerprint density at radius 2 is 2.07 bits per heavy atom. The van der Waals surface area contributed by atoms with E-state index in [1.807, 2.05) is 4.68 Å². The summed E-state index contributed by atoms with van der Waals surface area (Å²) in [6.45, 7) is 7.49. The molecule has 0 aliphatic rings. The molecule has 3 nitrogen and oxygen atoms in total. The van der Waals surface area contributed by atoms with Gasteiger partial charge in [0, 0.05) is 18.7 Å². The minimum Gasteiger partial charge on any atom is -0.253 e. The van der Waals surface area contributed by atoms with E-state index in [9.17, 15) is 0 Å². The fourth-order valence-electron chi connectivity index (χ4n) is 1.72. The minimum atomic E-state index is 0.558. The average molecular weight is 209 g/mol. The molecule has 0 amide bonds. The van der Waals surface area contributed by atoms with E-state index in [-0.39, 0.29) is 0 Å². The van der Waals surface area contributed by atoms with Crippen LogP contribution in [0, 0.1) is 0 Å². The second-order valence-corrected chi connectivity index (χ2v) is 4.25. The molecule has 0 saturated carbocycles. The third kappa shape index (κ3) is 4.02. The monoisotopic (exact) mass is 209 g/mol. The van der Waals surface area contributed by atoms with Gasteiger partial charge in [-0.05, 0) is 13.3 Å². The third-order valence-electron chi connectivity index (χ3n) is 2.88. The SMILES string of the molecule is CCCCCCC(C)c1cn(CC)nn1. The summed E-state index contributed by atoms with van der Waals surface area (Å²) in [5.74, 6) is 0.558. The van der Waals surface area contributed by atoms with Gasteiger partial charge < -0.3 is 0 Å². The maximum absolute atomic E-state index is 4.20. The Balaban J connectivity index is 2.29. The first-order valence-corrected chi connectivity index (χ1v) is 6.18. The summed E-state index contributed by atoms with van der Waals surface area (Å²) >= 11 is 0. The molecule has 3 heteroatoms. The maximum Gasteiger partial charge on any atom is 0.0855 e. The summed E-state index contributed by atoms with van der Waals surface area (Å²) in [6.07, 6.45) is 8.64. The first kappa shape index (κ1) is 12.2. The highest BCUT2D eigenvalue weighted by Crippen LogP contribution is 2.19. The molecule has 1 unspecified atom stereocenters. The quantitative estimate of drug-likeness (QED) is 0.645. The molecule has 1 atom stereocenters. The number of aryl methyl sites for hydroxylation is 1. The number of aromatic nitrogens is 3. The number of rotatable bonds is 7. The lowest BCUT2D eigenvalue weighted by molar-refractivity contribution is 0.571. The largest absolute Gasteiger partial charge is 0.253 e. The Morgan fingerprint density at radius 1 is 1.27 bits per heavy atom. The van der Waals surface area contributed by atoms with Crippen LogP contribution in [0.3, 0.4) is 0 Å². The van der Waals surface area contributed by atoms with E-state index in [0.717, 1.165) is 12.2 Å². The van der Waals surface area contributed by atoms with Crippen LogP contribution in [-0.4, -0.2) is 15.0 Å². The Kier molecular flexibility index (Phi) is 5.37. The predicted molar refractivity (Wildman–Crippen MR) is 62.9 cm³/mol. The maximum atomic E-state index is 4.20.